The Labute approximate surface area is 168 Å². The quantitative estimate of drug-likeness (QED) is 0.375. The number of para-hydroxylation sites is 1. The number of benzene rings is 2. The number of nitrogens with zero attached hydrogens (tertiary/aromatic N) is 4. The lowest BCUT2D eigenvalue weighted by Crippen LogP contribution is -2.15. The van der Waals surface area contributed by atoms with E-state index in [0.29, 0.717) is 11.0 Å². The predicted molar refractivity (Wildman–Crippen MR) is 111 cm³/mol. The number of rotatable bonds is 4. The molecule has 6 nitrogen and oxygen atoms in total. The number of hydrogen-bond acceptors (Lipinski definition) is 5. The van der Waals surface area contributed by atoms with Crippen LogP contribution in [0.25, 0.3) is 16.6 Å². The first-order chi connectivity index (χ1) is 13.0. The molecule has 0 bridgehead atoms. The first kappa shape index (κ1) is 17.9. The van der Waals surface area contributed by atoms with Crippen LogP contribution in [0.1, 0.15) is 11.4 Å². The van der Waals surface area contributed by atoms with Crippen molar-refractivity contribution in [2.24, 2.45) is 0 Å². The summed E-state index contributed by atoms with van der Waals surface area (Å²) in [4.78, 5) is 21.6. The van der Waals surface area contributed by atoms with Crippen LogP contribution in [0.5, 0.6) is 0 Å². The van der Waals surface area contributed by atoms with Crippen LogP contribution < -0.4 is 5.32 Å². The zero-order valence-electron chi connectivity index (χ0n) is 14.7. The summed E-state index contributed by atoms with van der Waals surface area (Å²) in [7, 11) is 0. The van der Waals surface area contributed by atoms with E-state index in [1.54, 1.807) is 4.52 Å². The van der Waals surface area contributed by atoms with Gasteiger partial charge < -0.3 is 5.32 Å². The third kappa shape index (κ3) is 3.68. The first-order valence-electron chi connectivity index (χ1n) is 8.32. The molecular weight excluding hydrogens is 426 g/mol. The minimum absolute atomic E-state index is 0.0923. The number of fused-ring (bicyclic) bond motifs is 3. The van der Waals surface area contributed by atoms with E-state index in [9.17, 15) is 4.79 Å². The Kier molecular flexibility index (Phi) is 4.84. The predicted octanol–water partition coefficient (Wildman–Crippen LogP) is 4.39. The van der Waals surface area contributed by atoms with Crippen molar-refractivity contribution in [3.05, 3.63) is 58.3 Å². The van der Waals surface area contributed by atoms with E-state index in [-0.39, 0.29) is 11.7 Å². The highest BCUT2D eigenvalue weighted by Gasteiger charge is 2.14. The van der Waals surface area contributed by atoms with Gasteiger partial charge in [0.1, 0.15) is 5.82 Å². The fraction of sp³-hybridized carbons (Fsp3) is 0.158. The van der Waals surface area contributed by atoms with Crippen LogP contribution in [0.15, 0.2) is 52.1 Å². The molecule has 0 aliphatic heterocycles. The number of nitrogens with one attached hydrogen (secondary N) is 1. The molecule has 1 N–H and O–H groups in total. The largest absolute Gasteiger partial charge is 0.325 e. The molecular formula is C19H16BrN5OS. The molecule has 136 valence electrons. The van der Waals surface area contributed by atoms with Gasteiger partial charge >= 0.3 is 0 Å². The summed E-state index contributed by atoms with van der Waals surface area (Å²) >= 11 is 4.77. The standard InChI is InChI=1S/C19H16BrN5OS/c1-11-9-13(20)7-8-15(11)22-17(26)10-27-19-23-16-6-4-3-5-14(16)18-21-12(2)24-25(18)19/h3-9H,10H2,1-2H3,(H,22,26). The van der Waals surface area contributed by atoms with Gasteiger partial charge in [0.05, 0.1) is 11.3 Å². The molecule has 0 atom stereocenters. The van der Waals surface area contributed by atoms with Crippen molar-refractivity contribution in [1.29, 1.82) is 0 Å². The van der Waals surface area contributed by atoms with Crippen molar-refractivity contribution in [3.8, 4) is 0 Å². The van der Waals surface area contributed by atoms with Gasteiger partial charge in [-0.3, -0.25) is 4.79 Å². The van der Waals surface area contributed by atoms with Gasteiger partial charge in [-0.1, -0.05) is 39.8 Å². The Hall–Kier alpha value is -2.45. The number of amides is 1. The lowest BCUT2D eigenvalue weighted by molar-refractivity contribution is -0.113. The summed E-state index contributed by atoms with van der Waals surface area (Å²) < 4.78 is 2.69. The number of aryl methyl sites for hydroxylation is 2. The Balaban J connectivity index is 1.58. The van der Waals surface area contributed by atoms with Gasteiger partial charge in [0.2, 0.25) is 5.91 Å². The van der Waals surface area contributed by atoms with E-state index in [0.717, 1.165) is 32.3 Å². The summed E-state index contributed by atoms with van der Waals surface area (Å²) in [6.07, 6.45) is 0. The summed E-state index contributed by atoms with van der Waals surface area (Å²) in [6.45, 7) is 3.80. The topological polar surface area (TPSA) is 72.2 Å². The Morgan fingerprint density at radius 2 is 2.00 bits per heavy atom. The van der Waals surface area contributed by atoms with Gasteiger partial charge in [-0.05, 0) is 49.7 Å². The van der Waals surface area contributed by atoms with Crippen molar-refractivity contribution in [2.45, 2.75) is 19.0 Å². The van der Waals surface area contributed by atoms with E-state index in [1.165, 1.54) is 11.8 Å². The van der Waals surface area contributed by atoms with Gasteiger partial charge in [-0.2, -0.15) is 4.52 Å². The molecule has 27 heavy (non-hydrogen) atoms. The van der Waals surface area contributed by atoms with Crippen molar-refractivity contribution >= 4 is 55.8 Å². The monoisotopic (exact) mass is 441 g/mol. The number of carbonyl (C=O) groups is 1. The SMILES string of the molecule is Cc1nc2c3ccccc3nc(SCC(=O)Nc3ccc(Br)cc3C)n2n1. The fourth-order valence-electron chi connectivity index (χ4n) is 2.81. The van der Waals surface area contributed by atoms with Crippen molar-refractivity contribution in [3.63, 3.8) is 0 Å². The normalized spacial score (nSPS) is 11.2. The zero-order valence-corrected chi connectivity index (χ0v) is 17.1. The highest BCUT2D eigenvalue weighted by atomic mass is 79.9. The molecule has 0 aliphatic carbocycles. The Morgan fingerprint density at radius 1 is 1.19 bits per heavy atom. The Morgan fingerprint density at radius 3 is 2.81 bits per heavy atom. The molecule has 0 fully saturated rings. The second-order valence-corrected chi connectivity index (χ2v) is 7.96. The van der Waals surface area contributed by atoms with Gasteiger partial charge in [0, 0.05) is 15.5 Å². The van der Waals surface area contributed by atoms with Crippen molar-refractivity contribution in [1.82, 2.24) is 19.6 Å². The summed E-state index contributed by atoms with van der Waals surface area (Å²) in [5.74, 6) is 0.810. The molecule has 4 rings (SSSR count). The number of thioether (sulfide) groups is 1. The summed E-state index contributed by atoms with van der Waals surface area (Å²) in [5, 5.41) is 8.97. The average molecular weight is 442 g/mol. The molecule has 8 heteroatoms. The van der Waals surface area contributed by atoms with Crippen LogP contribution in [0.4, 0.5) is 5.69 Å². The molecule has 0 aliphatic rings. The minimum atomic E-state index is -0.0923. The third-order valence-corrected chi connectivity index (χ3v) is 5.47. The van der Waals surface area contributed by atoms with Crippen LogP contribution in [0, 0.1) is 13.8 Å². The Bertz CT molecular complexity index is 1170. The van der Waals surface area contributed by atoms with Gasteiger partial charge in [-0.15, -0.1) is 5.10 Å². The lowest BCUT2D eigenvalue weighted by Gasteiger charge is -2.09. The van der Waals surface area contributed by atoms with Crippen LogP contribution in [0.3, 0.4) is 0 Å². The number of halogens is 1. The highest BCUT2D eigenvalue weighted by Crippen LogP contribution is 2.24. The third-order valence-electron chi connectivity index (χ3n) is 4.05. The first-order valence-corrected chi connectivity index (χ1v) is 10.1. The van der Waals surface area contributed by atoms with Crippen LogP contribution in [-0.4, -0.2) is 31.2 Å². The molecule has 2 heterocycles. The number of aromatic nitrogens is 4. The molecule has 0 saturated heterocycles. The van der Waals surface area contributed by atoms with E-state index >= 15 is 0 Å². The molecule has 1 amide bonds. The minimum Gasteiger partial charge on any atom is -0.325 e. The molecule has 2 aromatic heterocycles. The van der Waals surface area contributed by atoms with Gasteiger partial charge in [0.25, 0.3) is 0 Å². The van der Waals surface area contributed by atoms with E-state index < -0.39 is 0 Å². The number of carbonyl (C=O) groups excluding carboxylic acids is 1. The zero-order chi connectivity index (χ0) is 19.0. The van der Waals surface area contributed by atoms with E-state index in [1.807, 2.05) is 56.3 Å². The maximum Gasteiger partial charge on any atom is 0.234 e. The molecule has 0 spiro atoms. The molecule has 0 unspecified atom stereocenters. The maximum absolute atomic E-state index is 12.4. The summed E-state index contributed by atoms with van der Waals surface area (Å²) in [6, 6.07) is 13.6. The average Bonchev–Trinajstić information content (AvgIpc) is 3.04. The summed E-state index contributed by atoms with van der Waals surface area (Å²) in [5.41, 5.74) is 3.40. The number of hydrogen-bond donors (Lipinski definition) is 1. The molecule has 2 aromatic carbocycles. The highest BCUT2D eigenvalue weighted by molar-refractivity contribution is 9.10. The van der Waals surface area contributed by atoms with Crippen molar-refractivity contribution in [2.75, 3.05) is 11.1 Å². The lowest BCUT2D eigenvalue weighted by atomic mass is 10.2. The van der Waals surface area contributed by atoms with Crippen LogP contribution in [0.2, 0.25) is 0 Å². The second-order valence-electron chi connectivity index (χ2n) is 6.10. The van der Waals surface area contributed by atoms with E-state index in [2.05, 4.69) is 36.3 Å². The fourth-order valence-corrected chi connectivity index (χ4v) is 4.03. The maximum atomic E-state index is 12.4. The van der Waals surface area contributed by atoms with Crippen molar-refractivity contribution < 1.29 is 4.79 Å². The molecule has 4 aromatic rings. The molecule has 0 radical (unpaired) electrons. The smallest absolute Gasteiger partial charge is 0.234 e. The van der Waals surface area contributed by atoms with Gasteiger partial charge in [0.15, 0.2) is 10.8 Å². The van der Waals surface area contributed by atoms with Crippen LogP contribution >= 0.6 is 27.7 Å². The second kappa shape index (κ2) is 7.28. The molecule has 0 saturated carbocycles. The van der Waals surface area contributed by atoms with E-state index in [4.69, 9.17) is 0 Å². The van der Waals surface area contributed by atoms with Gasteiger partial charge in [-0.25, -0.2) is 9.97 Å². The van der Waals surface area contributed by atoms with Crippen LogP contribution in [-0.2, 0) is 4.79 Å². The number of anilines is 1.